The molecular formula is C17H17NO2. The topological polar surface area (TPSA) is 38.3 Å². The van der Waals surface area contributed by atoms with Gasteiger partial charge in [-0.05, 0) is 29.8 Å². The number of hydrogen-bond acceptors (Lipinski definition) is 3. The fourth-order valence-corrected chi connectivity index (χ4v) is 1.78. The molecule has 0 fully saturated rings. The molecule has 3 heteroatoms. The predicted octanol–water partition coefficient (Wildman–Crippen LogP) is 3.60. The van der Waals surface area contributed by atoms with Crippen molar-refractivity contribution in [2.75, 3.05) is 19.0 Å². The Balaban J connectivity index is 1.85. The van der Waals surface area contributed by atoms with Crippen LogP contribution >= 0.6 is 0 Å². The van der Waals surface area contributed by atoms with Gasteiger partial charge in [-0.15, -0.1) is 0 Å². The third-order valence-electron chi connectivity index (χ3n) is 2.84. The van der Waals surface area contributed by atoms with Gasteiger partial charge in [-0.1, -0.05) is 42.5 Å². The van der Waals surface area contributed by atoms with Crippen LogP contribution < -0.4 is 5.32 Å². The Labute approximate surface area is 118 Å². The van der Waals surface area contributed by atoms with Crippen molar-refractivity contribution in [2.45, 2.75) is 0 Å². The zero-order valence-corrected chi connectivity index (χ0v) is 11.4. The molecule has 1 N–H and O–H groups in total. The predicted molar refractivity (Wildman–Crippen MR) is 81.7 cm³/mol. The van der Waals surface area contributed by atoms with E-state index in [1.165, 1.54) is 12.7 Å². The number of hydrogen-bond donors (Lipinski definition) is 1. The fourth-order valence-electron chi connectivity index (χ4n) is 1.78. The van der Waals surface area contributed by atoms with Gasteiger partial charge >= 0.3 is 5.97 Å². The molecule has 0 bridgehead atoms. The van der Waals surface area contributed by atoms with E-state index in [-0.39, 0.29) is 5.97 Å². The van der Waals surface area contributed by atoms with Crippen molar-refractivity contribution in [2.24, 2.45) is 0 Å². The van der Waals surface area contributed by atoms with Crippen LogP contribution in [0.3, 0.4) is 0 Å². The van der Waals surface area contributed by atoms with Gasteiger partial charge in [-0.2, -0.15) is 0 Å². The SMILES string of the molecule is COC(=O)c1ccc(NC/C=C/c2ccccc2)cc1. The van der Waals surface area contributed by atoms with Crippen molar-refractivity contribution >= 4 is 17.7 Å². The molecule has 0 saturated carbocycles. The molecule has 0 spiro atoms. The average Bonchev–Trinajstić information content (AvgIpc) is 2.52. The number of nitrogens with one attached hydrogen (secondary N) is 1. The van der Waals surface area contributed by atoms with Crippen molar-refractivity contribution in [3.8, 4) is 0 Å². The van der Waals surface area contributed by atoms with Crippen molar-refractivity contribution < 1.29 is 9.53 Å². The average molecular weight is 267 g/mol. The maximum Gasteiger partial charge on any atom is 0.337 e. The lowest BCUT2D eigenvalue weighted by atomic mass is 10.2. The summed E-state index contributed by atoms with van der Waals surface area (Å²) in [7, 11) is 1.38. The summed E-state index contributed by atoms with van der Waals surface area (Å²) < 4.78 is 4.65. The van der Waals surface area contributed by atoms with Gasteiger partial charge < -0.3 is 10.1 Å². The van der Waals surface area contributed by atoms with Crippen LogP contribution in [-0.2, 0) is 4.74 Å². The van der Waals surface area contributed by atoms with Crippen molar-refractivity contribution in [1.82, 2.24) is 0 Å². The number of methoxy groups -OCH3 is 1. The van der Waals surface area contributed by atoms with E-state index in [0.29, 0.717) is 5.56 Å². The van der Waals surface area contributed by atoms with Crippen LogP contribution in [0, 0.1) is 0 Å². The number of anilines is 1. The highest BCUT2D eigenvalue weighted by Crippen LogP contribution is 2.10. The highest BCUT2D eigenvalue weighted by atomic mass is 16.5. The minimum atomic E-state index is -0.319. The molecule has 2 rings (SSSR count). The number of rotatable bonds is 5. The molecule has 2 aromatic rings. The zero-order valence-electron chi connectivity index (χ0n) is 11.4. The number of carbonyl (C=O) groups is 1. The third kappa shape index (κ3) is 3.99. The summed E-state index contributed by atoms with van der Waals surface area (Å²) in [5.74, 6) is -0.319. The Morgan fingerprint density at radius 1 is 1.10 bits per heavy atom. The lowest BCUT2D eigenvalue weighted by molar-refractivity contribution is 0.0601. The molecule has 0 aliphatic rings. The smallest absolute Gasteiger partial charge is 0.337 e. The molecule has 0 atom stereocenters. The highest BCUT2D eigenvalue weighted by molar-refractivity contribution is 5.89. The van der Waals surface area contributed by atoms with Crippen LogP contribution in [0.25, 0.3) is 6.08 Å². The lowest BCUT2D eigenvalue weighted by Gasteiger charge is -2.04. The summed E-state index contributed by atoms with van der Waals surface area (Å²) in [5, 5.41) is 3.26. The molecule has 20 heavy (non-hydrogen) atoms. The first-order valence-electron chi connectivity index (χ1n) is 6.43. The van der Waals surface area contributed by atoms with E-state index in [9.17, 15) is 4.79 Å². The Hall–Kier alpha value is -2.55. The molecule has 0 aliphatic carbocycles. The molecule has 0 radical (unpaired) electrons. The molecular weight excluding hydrogens is 250 g/mol. The second-order valence-corrected chi connectivity index (χ2v) is 4.26. The van der Waals surface area contributed by atoms with Crippen molar-refractivity contribution in [3.63, 3.8) is 0 Å². The standard InChI is InChI=1S/C17H17NO2/c1-20-17(19)15-9-11-16(12-10-15)18-13-5-8-14-6-3-2-4-7-14/h2-12,18H,13H2,1H3/b8-5+. The van der Waals surface area contributed by atoms with E-state index in [1.807, 2.05) is 30.3 Å². The summed E-state index contributed by atoms with van der Waals surface area (Å²) in [6, 6.07) is 17.4. The maximum absolute atomic E-state index is 11.3. The Morgan fingerprint density at radius 2 is 1.80 bits per heavy atom. The minimum Gasteiger partial charge on any atom is -0.465 e. The second kappa shape index (κ2) is 7.14. The van der Waals surface area contributed by atoms with Gasteiger partial charge in [-0.3, -0.25) is 0 Å². The minimum absolute atomic E-state index is 0.319. The third-order valence-corrected chi connectivity index (χ3v) is 2.84. The number of esters is 1. The van der Waals surface area contributed by atoms with E-state index in [4.69, 9.17) is 0 Å². The first kappa shape index (κ1) is 13.9. The van der Waals surface area contributed by atoms with E-state index in [1.54, 1.807) is 12.1 Å². The summed E-state index contributed by atoms with van der Waals surface area (Å²) in [6.45, 7) is 0.729. The molecule has 0 heterocycles. The van der Waals surface area contributed by atoms with E-state index in [2.05, 4.69) is 34.3 Å². The number of carbonyl (C=O) groups excluding carboxylic acids is 1. The summed E-state index contributed by atoms with van der Waals surface area (Å²) in [5.41, 5.74) is 2.70. The van der Waals surface area contributed by atoms with Gasteiger partial charge in [0.1, 0.15) is 0 Å². The van der Waals surface area contributed by atoms with Gasteiger partial charge in [0, 0.05) is 12.2 Å². The van der Waals surface area contributed by atoms with Gasteiger partial charge in [0.25, 0.3) is 0 Å². The molecule has 3 nitrogen and oxygen atoms in total. The normalized spacial score (nSPS) is 10.4. The maximum atomic E-state index is 11.3. The fraction of sp³-hybridized carbons (Fsp3) is 0.118. The number of ether oxygens (including phenoxy) is 1. The quantitative estimate of drug-likeness (QED) is 0.841. The van der Waals surface area contributed by atoms with Crippen LogP contribution in [0.1, 0.15) is 15.9 Å². The van der Waals surface area contributed by atoms with Crippen LogP contribution in [0.4, 0.5) is 5.69 Å². The molecule has 0 saturated heterocycles. The first-order valence-corrected chi connectivity index (χ1v) is 6.43. The van der Waals surface area contributed by atoms with Crippen LogP contribution in [0.15, 0.2) is 60.7 Å². The van der Waals surface area contributed by atoms with Gasteiger partial charge in [0.2, 0.25) is 0 Å². The molecule has 0 amide bonds. The van der Waals surface area contributed by atoms with Crippen LogP contribution in [0.5, 0.6) is 0 Å². The van der Waals surface area contributed by atoms with Crippen LogP contribution in [-0.4, -0.2) is 19.6 Å². The van der Waals surface area contributed by atoms with E-state index < -0.39 is 0 Å². The summed E-state index contributed by atoms with van der Waals surface area (Å²) in [6.07, 6.45) is 4.12. The van der Waals surface area contributed by atoms with E-state index in [0.717, 1.165) is 12.2 Å². The Bertz CT molecular complexity index is 574. The largest absolute Gasteiger partial charge is 0.465 e. The van der Waals surface area contributed by atoms with Gasteiger partial charge in [0.15, 0.2) is 0 Å². The molecule has 102 valence electrons. The van der Waals surface area contributed by atoms with Crippen molar-refractivity contribution in [1.29, 1.82) is 0 Å². The zero-order chi connectivity index (χ0) is 14.2. The Kier molecular flexibility index (Phi) is 4.95. The van der Waals surface area contributed by atoms with Crippen molar-refractivity contribution in [3.05, 3.63) is 71.8 Å². The highest BCUT2D eigenvalue weighted by Gasteiger charge is 2.03. The molecule has 0 aliphatic heterocycles. The summed E-state index contributed by atoms with van der Waals surface area (Å²) in [4.78, 5) is 11.3. The lowest BCUT2D eigenvalue weighted by Crippen LogP contribution is -2.02. The number of benzene rings is 2. The van der Waals surface area contributed by atoms with Gasteiger partial charge in [-0.25, -0.2) is 4.79 Å². The first-order chi connectivity index (χ1) is 9.79. The van der Waals surface area contributed by atoms with Gasteiger partial charge in [0.05, 0.1) is 12.7 Å². The summed E-state index contributed by atoms with van der Waals surface area (Å²) >= 11 is 0. The van der Waals surface area contributed by atoms with Crippen LogP contribution in [0.2, 0.25) is 0 Å². The molecule has 0 unspecified atom stereocenters. The Morgan fingerprint density at radius 3 is 2.45 bits per heavy atom. The monoisotopic (exact) mass is 267 g/mol. The molecule has 0 aromatic heterocycles. The second-order valence-electron chi connectivity index (χ2n) is 4.26. The molecule has 2 aromatic carbocycles. The van der Waals surface area contributed by atoms with E-state index >= 15 is 0 Å².